The molecule has 0 unspecified atom stereocenters. The molecule has 0 fully saturated rings. The molecule has 0 radical (unpaired) electrons. The quantitative estimate of drug-likeness (QED) is 0.340. The molecule has 7 nitrogen and oxygen atoms in total. The second-order valence-corrected chi connectivity index (χ2v) is 10.2. The zero-order chi connectivity index (χ0) is 22.7. The maximum absolute atomic E-state index is 12.4. The van der Waals surface area contributed by atoms with Gasteiger partial charge in [0.25, 0.3) is 0 Å². The minimum Gasteiger partial charge on any atom is -0.211 e. The Labute approximate surface area is 195 Å². The lowest BCUT2D eigenvalue weighted by Crippen LogP contribution is -2.26. The van der Waals surface area contributed by atoms with Crippen LogP contribution in [0.4, 0.5) is 0 Å². The molecule has 2 aromatic heterocycles. The predicted octanol–water partition coefficient (Wildman–Crippen LogP) is 4.09. The SMILES string of the molecule is O=S(=O)(NCCc1nnc2ccc(SCc3cccc4ccccc34)nn12)c1ccccc1. The van der Waals surface area contributed by atoms with Crippen molar-refractivity contribution in [3.63, 3.8) is 0 Å². The van der Waals surface area contributed by atoms with Gasteiger partial charge in [-0.05, 0) is 40.6 Å². The molecule has 0 atom stereocenters. The summed E-state index contributed by atoms with van der Waals surface area (Å²) in [4.78, 5) is 0.237. The number of sulfonamides is 1. The highest BCUT2D eigenvalue weighted by atomic mass is 32.2. The first-order valence-electron chi connectivity index (χ1n) is 10.5. The maximum Gasteiger partial charge on any atom is 0.240 e. The first kappa shape index (κ1) is 21.6. The van der Waals surface area contributed by atoms with E-state index < -0.39 is 10.0 Å². The van der Waals surface area contributed by atoms with Crippen LogP contribution in [0, 0.1) is 0 Å². The molecule has 0 aliphatic carbocycles. The predicted molar refractivity (Wildman–Crippen MR) is 130 cm³/mol. The fraction of sp³-hybridized carbons (Fsp3) is 0.125. The van der Waals surface area contributed by atoms with Crippen molar-refractivity contribution in [3.8, 4) is 0 Å². The van der Waals surface area contributed by atoms with E-state index in [9.17, 15) is 8.42 Å². The molecule has 166 valence electrons. The molecule has 5 rings (SSSR count). The van der Waals surface area contributed by atoms with Crippen molar-refractivity contribution < 1.29 is 8.42 Å². The van der Waals surface area contributed by atoms with Gasteiger partial charge >= 0.3 is 0 Å². The summed E-state index contributed by atoms with van der Waals surface area (Å²) in [6, 6.07) is 26.8. The standard InChI is InChI=1S/C24H21N5O2S2/c30-33(31,20-10-2-1-3-11-20)25-16-15-23-27-26-22-13-14-24(28-29(22)23)32-17-19-9-6-8-18-7-4-5-12-21(18)19/h1-14,25H,15-17H2. The van der Waals surface area contributed by atoms with Gasteiger partial charge in [0.05, 0.1) is 4.90 Å². The van der Waals surface area contributed by atoms with Crippen molar-refractivity contribution in [2.45, 2.75) is 22.1 Å². The third kappa shape index (κ3) is 4.75. The lowest BCUT2D eigenvalue weighted by molar-refractivity contribution is 0.580. The van der Waals surface area contributed by atoms with Gasteiger partial charge in [0.15, 0.2) is 11.5 Å². The fourth-order valence-corrected chi connectivity index (χ4v) is 5.51. The number of benzene rings is 3. The summed E-state index contributed by atoms with van der Waals surface area (Å²) in [7, 11) is -3.56. The van der Waals surface area contributed by atoms with Crippen LogP contribution in [0.2, 0.25) is 0 Å². The minimum atomic E-state index is -3.56. The van der Waals surface area contributed by atoms with Gasteiger partial charge in [0, 0.05) is 18.7 Å². The van der Waals surface area contributed by atoms with Gasteiger partial charge in [-0.1, -0.05) is 72.4 Å². The summed E-state index contributed by atoms with van der Waals surface area (Å²) in [5, 5.41) is 16.3. The molecule has 5 aromatic rings. The van der Waals surface area contributed by atoms with Crippen LogP contribution in [0.3, 0.4) is 0 Å². The van der Waals surface area contributed by atoms with Crippen LogP contribution in [-0.2, 0) is 22.2 Å². The topological polar surface area (TPSA) is 89.2 Å². The Bertz CT molecular complexity index is 1510. The number of nitrogens with one attached hydrogen (secondary N) is 1. The van der Waals surface area contributed by atoms with E-state index in [-0.39, 0.29) is 11.4 Å². The average molecular weight is 476 g/mol. The lowest BCUT2D eigenvalue weighted by atomic mass is 10.1. The summed E-state index contributed by atoms with van der Waals surface area (Å²) >= 11 is 1.64. The maximum atomic E-state index is 12.4. The molecule has 0 bridgehead atoms. The van der Waals surface area contributed by atoms with Crippen molar-refractivity contribution in [2.75, 3.05) is 6.54 Å². The molecule has 0 spiro atoms. The smallest absolute Gasteiger partial charge is 0.211 e. The molecule has 1 N–H and O–H groups in total. The summed E-state index contributed by atoms with van der Waals surface area (Å²) in [5.74, 6) is 1.39. The van der Waals surface area contributed by atoms with Crippen molar-refractivity contribution in [1.29, 1.82) is 0 Å². The fourth-order valence-electron chi connectivity index (χ4n) is 3.60. The molecular weight excluding hydrogens is 454 g/mol. The average Bonchev–Trinajstić information content (AvgIpc) is 3.25. The van der Waals surface area contributed by atoms with E-state index in [1.54, 1.807) is 46.6 Å². The Morgan fingerprint density at radius 1 is 0.848 bits per heavy atom. The van der Waals surface area contributed by atoms with Gasteiger partial charge < -0.3 is 0 Å². The van der Waals surface area contributed by atoms with Gasteiger partial charge in [-0.3, -0.25) is 0 Å². The number of thioether (sulfide) groups is 1. The Morgan fingerprint density at radius 3 is 2.52 bits per heavy atom. The summed E-state index contributed by atoms with van der Waals surface area (Å²) < 4.78 is 29.1. The van der Waals surface area contributed by atoms with Gasteiger partial charge in [0.1, 0.15) is 5.03 Å². The van der Waals surface area contributed by atoms with Crippen LogP contribution in [0.15, 0.2) is 94.9 Å². The second kappa shape index (κ2) is 9.30. The monoisotopic (exact) mass is 475 g/mol. The number of fused-ring (bicyclic) bond motifs is 2. The Morgan fingerprint density at radius 2 is 1.64 bits per heavy atom. The summed E-state index contributed by atoms with van der Waals surface area (Å²) in [5.41, 5.74) is 1.88. The zero-order valence-corrected chi connectivity index (χ0v) is 19.3. The third-order valence-electron chi connectivity index (χ3n) is 5.25. The van der Waals surface area contributed by atoms with Gasteiger partial charge in [-0.25, -0.2) is 13.1 Å². The number of aromatic nitrogens is 4. The second-order valence-electron chi connectivity index (χ2n) is 7.45. The van der Waals surface area contributed by atoms with E-state index in [0.29, 0.717) is 17.9 Å². The highest BCUT2D eigenvalue weighted by Crippen LogP contribution is 2.26. The molecule has 3 aromatic carbocycles. The Balaban J connectivity index is 1.29. The van der Waals surface area contributed by atoms with Crippen molar-refractivity contribution >= 4 is 38.2 Å². The minimum absolute atomic E-state index is 0.201. The van der Waals surface area contributed by atoms with Gasteiger partial charge in [0.2, 0.25) is 10.0 Å². The normalized spacial score (nSPS) is 11.9. The molecule has 33 heavy (non-hydrogen) atoms. The molecule has 2 heterocycles. The molecule has 0 saturated heterocycles. The molecular formula is C24H21N5O2S2. The van der Waals surface area contributed by atoms with Crippen LogP contribution in [0.5, 0.6) is 0 Å². The number of hydrogen-bond donors (Lipinski definition) is 1. The lowest BCUT2D eigenvalue weighted by Gasteiger charge is -2.07. The number of hydrogen-bond acceptors (Lipinski definition) is 6. The van der Waals surface area contributed by atoms with Crippen LogP contribution < -0.4 is 4.72 Å². The van der Waals surface area contributed by atoms with E-state index in [4.69, 9.17) is 0 Å². The zero-order valence-electron chi connectivity index (χ0n) is 17.6. The number of rotatable bonds is 8. The first-order chi connectivity index (χ1) is 16.1. The highest BCUT2D eigenvalue weighted by Gasteiger charge is 2.14. The molecule has 0 aliphatic rings. The van der Waals surface area contributed by atoms with Crippen LogP contribution in [0.25, 0.3) is 16.4 Å². The van der Waals surface area contributed by atoms with E-state index in [1.807, 2.05) is 18.2 Å². The Hall–Kier alpha value is -3.27. The summed E-state index contributed by atoms with van der Waals surface area (Å²) in [6.07, 6.45) is 0.373. The molecule has 0 saturated carbocycles. The van der Waals surface area contributed by atoms with E-state index in [0.717, 1.165) is 10.8 Å². The summed E-state index contributed by atoms with van der Waals surface area (Å²) in [6.45, 7) is 0.201. The van der Waals surface area contributed by atoms with Crippen molar-refractivity contribution in [3.05, 3.63) is 96.3 Å². The molecule has 9 heteroatoms. The molecule has 0 aliphatic heterocycles. The number of nitrogens with zero attached hydrogens (tertiary/aromatic N) is 4. The van der Waals surface area contributed by atoms with E-state index in [2.05, 4.69) is 56.4 Å². The van der Waals surface area contributed by atoms with Crippen LogP contribution in [-0.4, -0.2) is 34.8 Å². The highest BCUT2D eigenvalue weighted by molar-refractivity contribution is 7.98. The van der Waals surface area contributed by atoms with Crippen LogP contribution in [0.1, 0.15) is 11.4 Å². The largest absolute Gasteiger partial charge is 0.240 e. The van der Waals surface area contributed by atoms with Gasteiger partial charge in [-0.15, -0.1) is 10.2 Å². The van der Waals surface area contributed by atoms with Crippen molar-refractivity contribution in [1.82, 2.24) is 24.5 Å². The van der Waals surface area contributed by atoms with E-state index in [1.165, 1.54) is 16.3 Å². The third-order valence-corrected chi connectivity index (χ3v) is 7.70. The van der Waals surface area contributed by atoms with Gasteiger partial charge in [-0.2, -0.15) is 9.61 Å². The van der Waals surface area contributed by atoms with Crippen molar-refractivity contribution in [2.24, 2.45) is 0 Å². The van der Waals surface area contributed by atoms with Crippen LogP contribution >= 0.6 is 11.8 Å². The Kier molecular flexibility index (Phi) is 6.08. The molecule has 0 amide bonds. The first-order valence-corrected chi connectivity index (χ1v) is 12.9. The van der Waals surface area contributed by atoms with E-state index >= 15 is 0 Å².